The molecule has 0 bridgehead atoms. The molecule has 146 valence electrons. The third kappa shape index (κ3) is 4.55. The summed E-state index contributed by atoms with van der Waals surface area (Å²) in [5, 5.41) is 0. The van der Waals surface area contributed by atoms with Crippen LogP contribution in [0.15, 0.2) is 42.7 Å². The number of morpholine rings is 2. The lowest BCUT2D eigenvalue weighted by atomic mass is 10.1. The fraction of sp³-hybridized carbons (Fsp3) is 0.381. The minimum atomic E-state index is -0.0363. The molecule has 1 aromatic carbocycles. The van der Waals surface area contributed by atoms with Gasteiger partial charge in [-0.25, -0.2) is 9.97 Å². The minimum Gasteiger partial charge on any atom is -0.378 e. The molecule has 0 unspecified atom stereocenters. The molecular formula is C21H24N4O3. The van der Waals surface area contributed by atoms with Crippen LogP contribution in [0.2, 0.25) is 0 Å². The Kier molecular flexibility index (Phi) is 5.94. The van der Waals surface area contributed by atoms with Crippen molar-refractivity contribution in [2.45, 2.75) is 0 Å². The quantitative estimate of drug-likeness (QED) is 0.581. The third-order valence-corrected chi connectivity index (χ3v) is 4.91. The molecule has 2 aliphatic rings. The third-order valence-electron chi connectivity index (χ3n) is 4.91. The monoisotopic (exact) mass is 380 g/mol. The van der Waals surface area contributed by atoms with Crippen LogP contribution < -0.4 is 9.80 Å². The number of anilines is 2. The number of hydrogen-bond acceptors (Lipinski definition) is 7. The van der Waals surface area contributed by atoms with Crippen LogP contribution in [0.3, 0.4) is 0 Å². The molecule has 2 aliphatic heterocycles. The van der Waals surface area contributed by atoms with Gasteiger partial charge in [0.2, 0.25) is 5.95 Å². The fourth-order valence-electron chi connectivity index (χ4n) is 3.27. The van der Waals surface area contributed by atoms with Gasteiger partial charge in [0.15, 0.2) is 5.78 Å². The first-order valence-corrected chi connectivity index (χ1v) is 9.59. The first-order chi connectivity index (χ1) is 13.8. The largest absolute Gasteiger partial charge is 0.378 e. The predicted molar refractivity (Wildman–Crippen MR) is 108 cm³/mol. The van der Waals surface area contributed by atoms with Gasteiger partial charge in [0.05, 0.1) is 26.4 Å². The van der Waals surface area contributed by atoms with Crippen LogP contribution in [-0.4, -0.2) is 68.4 Å². The van der Waals surface area contributed by atoms with Gasteiger partial charge in [-0.2, -0.15) is 0 Å². The molecule has 2 aromatic rings. The van der Waals surface area contributed by atoms with E-state index in [2.05, 4.69) is 19.8 Å². The number of rotatable bonds is 5. The van der Waals surface area contributed by atoms with Gasteiger partial charge in [-0.3, -0.25) is 4.79 Å². The molecule has 7 heteroatoms. The second kappa shape index (κ2) is 8.95. The summed E-state index contributed by atoms with van der Waals surface area (Å²) >= 11 is 0. The SMILES string of the molecule is O=C(/C=C/c1cnc(N2CCOCC2)nc1)c1ccc(N2CCOCC2)cc1. The Morgan fingerprint density at radius 2 is 1.43 bits per heavy atom. The zero-order chi connectivity index (χ0) is 19.2. The Bertz CT molecular complexity index is 809. The van der Waals surface area contributed by atoms with Gasteiger partial charge in [0.1, 0.15) is 0 Å². The summed E-state index contributed by atoms with van der Waals surface area (Å²) in [5.74, 6) is 0.663. The molecule has 2 fully saturated rings. The summed E-state index contributed by atoms with van der Waals surface area (Å²) in [7, 11) is 0. The summed E-state index contributed by atoms with van der Waals surface area (Å²) in [6.07, 6.45) is 6.80. The van der Waals surface area contributed by atoms with E-state index in [0.29, 0.717) is 24.7 Å². The van der Waals surface area contributed by atoms with Crippen LogP contribution in [0.5, 0.6) is 0 Å². The first-order valence-electron chi connectivity index (χ1n) is 9.59. The van der Waals surface area contributed by atoms with Crippen molar-refractivity contribution >= 4 is 23.5 Å². The van der Waals surface area contributed by atoms with Crippen LogP contribution in [-0.2, 0) is 9.47 Å². The van der Waals surface area contributed by atoms with E-state index < -0.39 is 0 Å². The number of ketones is 1. The van der Waals surface area contributed by atoms with E-state index in [4.69, 9.17) is 9.47 Å². The Morgan fingerprint density at radius 1 is 0.857 bits per heavy atom. The lowest BCUT2D eigenvalue weighted by Crippen LogP contribution is -2.37. The molecule has 0 radical (unpaired) electrons. The Morgan fingerprint density at radius 3 is 2.04 bits per heavy atom. The average Bonchev–Trinajstić information content (AvgIpc) is 2.79. The number of carbonyl (C=O) groups excluding carboxylic acids is 1. The maximum absolute atomic E-state index is 12.4. The number of carbonyl (C=O) groups is 1. The topological polar surface area (TPSA) is 67.8 Å². The van der Waals surface area contributed by atoms with E-state index in [-0.39, 0.29) is 5.78 Å². The van der Waals surface area contributed by atoms with Crippen molar-refractivity contribution < 1.29 is 14.3 Å². The molecule has 7 nitrogen and oxygen atoms in total. The van der Waals surface area contributed by atoms with Crippen molar-refractivity contribution in [1.29, 1.82) is 0 Å². The fourth-order valence-corrected chi connectivity index (χ4v) is 3.27. The van der Waals surface area contributed by atoms with E-state index in [1.807, 2.05) is 24.3 Å². The minimum absolute atomic E-state index is 0.0363. The molecule has 0 saturated carbocycles. The van der Waals surface area contributed by atoms with Gasteiger partial charge in [0.25, 0.3) is 0 Å². The number of nitrogens with zero attached hydrogens (tertiary/aromatic N) is 4. The van der Waals surface area contributed by atoms with E-state index in [9.17, 15) is 4.79 Å². The highest BCUT2D eigenvalue weighted by molar-refractivity contribution is 6.06. The van der Waals surface area contributed by atoms with Crippen molar-refractivity contribution in [1.82, 2.24) is 9.97 Å². The molecule has 0 amide bonds. The smallest absolute Gasteiger partial charge is 0.225 e. The second-order valence-electron chi connectivity index (χ2n) is 6.76. The molecule has 3 heterocycles. The van der Waals surface area contributed by atoms with Crippen LogP contribution in [0.4, 0.5) is 11.6 Å². The van der Waals surface area contributed by atoms with Crippen molar-refractivity contribution in [3.05, 3.63) is 53.9 Å². The lowest BCUT2D eigenvalue weighted by molar-refractivity contribution is 0.104. The average molecular weight is 380 g/mol. The van der Waals surface area contributed by atoms with Gasteiger partial charge in [-0.05, 0) is 36.4 Å². The van der Waals surface area contributed by atoms with Crippen molar-refractivity contribution in [3.8, 4) is 0 Å². The summed E-state index contributed by atoms with van der Waals surface area (Å²) in [6.45, 7) is 6.25. The summed E-state index contributed by atoms with van der Waals surface area (Å²) in [5.41, 5.74) is 2.59. The summed E-state index contributed by atoms with van der Waals surface area (Å²) < 4.78 is 10.7. The van der Waals surface area contributed by atoms with E-state index in [0.717, 1.165) is 50.6 Å². The molecule has 28 heavy (non-hydrogen) atoms. The van der Waals surface area contributed by atoms with Crippen LogP contribution >= 0.6 is 0 Å². The van der Waals surface area contributed by atoms with Gasteiger partial charge in [-0.1, -0.05) is 0 Å². The van der Waals surface area contributed by atoms with Gasteiger partial charge >= 0.3 is 0 Å². The molecule has 4 rings (SSSR count). The molecule has 0 atom stereocenters. The maximum Gasteiger partial charge on any atom is 0.225 e. The van der Waals surface area contributed by atoms with Gasteiger partial charge < -0.3 is 19.3 Å². The number of ether oxygens (including phenoxy) is 2. The number of hydrogen-bond donors (Lipinski definition) is 0. The first kappa shape index (κ1) is 18.6. The highest BCUT2D eigenvalue weighted by Crippen LogP contribution is 2.17. The Hall–Kier alpha value is -2.77. The van der Waals surface area contributed by atoms with Crippen LogP contribution in [0.25, 0.3) is 6.08 Å². The molecule has 0 spiro atoms. The van der Waals surface area contributed by atoms with E-state index in [1.165, 1.54) is 0 Å². The van der Waals surface area contributed by atoms with Crippen molar-refractivity contribution in [3.63, 3.8) is 0 Å². The normalized spacial score (nSPS) is 17.9. The molecular weight excluding hydrogens is 356 g/mol. The molecule has 1 aromatic heterocycles. The molecule has 2 saturated heterocycles. The van der Waals surface area contributed by atoms with Crippen LogP contribution in [0.1, 0.15) is 15.9 Å². The predicted octanol–water partition coefficient (Wildman–Crippen LogP) is 2.05. The standard InChI is InChI=1S/C21H24N4O3/c26-20(18-2-4-19(5-3-18)24-7-11-27-12-8-24)6-1-17-15-22-21(23-16-17)25-9-13-28-14-10-25/h1-6,15-16H,7-14H2/b6-1+. The Balaban J connectivity index is 1.36. The zero-order valence-electron chi connectivity index (χ0n) is 15.8. The highest BCUT2D eigenvalue weighted by atomic mass is 16.5. The second-order valence-corrected chi connectivity index (χ2v) is 6.76. The zero-order valence-corrected chi connectivity index (χ0v) is 15.8. The summed E-state index contributed by atoms with van der Waals surface area (Å²) in [4.78, 5) is 25.6. The van der Waals surface area contributed by atoms with Crippen molar-refractivity contribution in [2.75, 3.05) is 62.4 Å². The van der Waals surface area contributed by atoms with E-state index in [1.54, 1.807) is 24.5 Å². The highest BCUT2D eigenvalue weighted by Gasteiger charge is 2.13. The van der Waals surface area contributed by atoms with E-state index >= 15 is 0 Å². The van der Waals surface area contributed by atoms with Gasteiger partial charge in [0, 0.05) is 55.4 Å². The summed E-state index contributed by atoms with van der Waals surface area (Å²) in [6, 6.07) is 7.73. The number of allylic oxidation sites excluding steroid dienone is 1. The van der Waals surface area contributed by atoms with Crippen LogP contribution in [0, 0.1) is 0 Å². The molecule has 0 aliphatic carbocycles. The maximum atomic E-state index is 12.4. The Labute approximate surface area is 164 Å². The lowest BCUT2D eigenvalue weighted by Gasteiger charge is -2.28. The van der Waals surface area contributed by atoms with Crippen molar-refractivity contribution in [2.24, 2.45) is 0 Å². The number of benzene rings is 1. The van der Waals surface area contributed by atoms with Gasteiger partial charge in [-0.15, -0.1) is 0 Å². The number of aromatic nitrogens is 2. The molecule has 0 N–H and O–H groups in total.